The van der Waals surface area contributed by atoms with Crippen LogP contribution in [-0.4, -0.2) is 6.29 Å². The number of nitrogens with two attached hydrogens (primary N) is 1. The fourth-order valence-electron chi connectivity index (χ4n) is 0.883. The number of hydrogen-bond acceptors (Lipinski definition) is 2. The van der Waals surface area contributed by atoms with Crippen LogP contribution < -0.4 is 5.73 Å². The van der Waals surface area contributed by atoms with Gasteiger partial charge in [-0.25, -0.2) is 0 Å². The average Bonchev–Trinajstić information content (AvgIpc) is 1.99. The third kappa shape index (κ3) is 2.40. The standard InChI is InChI=1S/C9H8ClNO/c10-8-4-7(2-1-3-12)5-9(11)6-8/h1-6H,11H2. The predicted octanol–water partition coefficient (Wildman–Crippen LogP) is 2.13. The summed E-state index contributed by atoms with van der Waals surface area (Å²) < 4.78 is 0. The van der Waals surface area contributed by atoms with Crippen molar-refractivity contribution in [1.29, 1.82) is 0 Å². The number of rotatable bonds is 2. The Kier molecular flexibility index (Phi) is 2.88. The van der Waals surface area contributed by atoms with Crippen molar-refractivity contribution in [3.63, 3.8) is 0 Å². The van der Waals surface area contributed by atoms with Gasteiger partial charge in [-0.15, -0.1) is 0 Å². The van der Waals surface area contributed by atoms with Gasteiger partial charge in [0.2, 0.25) is 0 Å². The zero-order valence-corrected chi connectivity index (χ0v) is 7.08. The summed E-state index contributed by atoms with van der Waals surface area (Å²) in [5, 5.41) is 0.570. The second kappa shape index (κ2) is 3.93. The van der Waals surface area contributed by atoms with Crippen molar-refractivity contribution in [3.05, 3.63) is 34.9 Å². The van der Waals surface area contributed by atoms with Gasteiger partial charge in [0, 0.05) is 10.7 Å². The van der Waals surface area contributed by atoms with E-state index in [2.05, 4.69) is 0 Å². The minimum absolute atomic E-state index is 0.570. The maximum Gasteiger partial charge on any atom is 0.142 e. The van der Waals surface area contributed by atoms with Crippen molar-refractivity contribution in [1.82, 2.24) is 0 Å². The van der Waals surface area contributed by atoms with Crippen LogP contribution in [0.3, 0.4) is 0 Å². The van der Waals surface area contributed by atoms with Gasteiger partial charge in [0.25, 0.3) is 0 Å². The molecule has 0 heterocycles. The molecule has 0 spiro atoms. The molecule has 2 N–H and O–H groups in total. The van der Waals surface area contributed by atoms with Crippen molar-refractivity contribution in [2.45, 2.75) is 0 Å². The van der Waals surface area contributed by atoms with E-state index in [0.29, 0.717) is 17.0 Å². The van der Waals surface area contributed by atoms with E-state index in [1.165, 1.54) is 6.08 Å². The third-order valence-corrected chi connectivity index (χ3v) is 1.53. The molecule has 0 radical (unpaired) electrons. The Bertz CT molecular complexity index is 300. The summed E-state index contributed by atoms with van der Waals surface area (Å²) in [6.45, 7) is 0. The monoisotopic (exact) mass is 181 g/mol. The Morgan fingerprint density at radius 3 is 2.67 bits per heavy atom. The fourth-order valence-corrected chi connectivity index (χ4v) is 1.13. The summed E-state index contributed by atoms with van der Waals surface area (Å²) >= 11 is 5.73. The van der Waals surface area contributed by atoms with Crippen LogP contribution in [0.2, 0.25) is 5.02 Å². The zero-order valence-electron chi connectivity index (χ0n) is 6.33. The van der Waals surface area contributed by atoms with E-state index in [4.69, 9.17) is 17.3 Å². The first-order chi connectivity index (χ1) is 5.72. The van der Waals surface area contributed by atoms with Gasteiger partial charge in [-0.05, 0) is 29.8 Å². The smallest absolute Gasteiger partial charge is 0.142 e. The highest BCUT2D eigenvalue weighted by atomic mass is 35.5. The van der Waals surface area contributed by atoms with Crippen molar-refractivity contribution < 1.29 is 4.79 Å². The fraction of sp³-hybridized carbons (Fsp3) is 0. The lowest BCUT2D eigenvalue weighted by atomic mass is 10.2. The molecule has 1 aromatic carbocycles. The first-order valence-corrected chi connectivity index (χ1v) is 3.78. The van der Waals surface area contributed by atoms with Crippen LogP contribution in [0.1, 0.15) is 5.56 Å². The molecule has 0 aliphatic heterocycles. The molecular formula is C9H8ClNO. The van der Waals surface area contributed by atoms with Gasteiger partial charge in [-0.3, -0.25) is 4.79 Å². The van der Waals surface area contributed by atoms with Gasteiger partial charge in [-0.1, -0.05) is 17.7 Å². The van der Waals surface area contributed by atoms with E-state index in [0.717, 1.165) is 5.56 Å². The molecule has 0 fully saturated rings. The molecule has 12 heavy (non-hydrogen) atoms. The molecule has 1 rings (SSSR count). The second-order valence-electron chi connectivity index (χ2n) is 2.31. The van der Waals surface area contributed by atoms with Crippen LogP contribution in [0, 0.1) is 0 Å². The van der Waals surface area contributed by atoms with E-state index in [-0.39, 0.29) is 0 Å². The van der Waals surface area contributed by atoms with Crippen molar-refractivity contribution >= 4 is 29.7 Å². The summed E-state index contributed by atoms with van der Waals surface area (Å²) in [5.74, 6) is 0. The number of anilines is 1. The van der Waals surface area contributed by atoms with Crippen LogP contribution in [0.15, 0.2) is 24.3 Å². The minimum atomic E-state index is 0.570. The Hall–Kier alpha value is -1.28. The molecule has 2 nitrogen and oxygen atoms in total. The molecule has 0 aromatic heterocycles. The number of hydrogen-bond donors (Lipinski definition) is 1. The van der Waals surface area contributed by atoms with Crippen LogP contribution >= 0.6 is 11.6 Å². The van der Waals surface area contributed by atoms with Crippen molar-refractivity contribution in [3.8, 4) is 0 Å². The molecule has 62 valence electrons. The maximum absolute atomic E-state index is 10.00. The number of halogens is 1. The molecule has 3 heteroatoms. The van der Waals surface area contributed by atoms with Crippen molar-refractivity contribution in [2.75, 3.05) is 5.73 Å². The van der Waals surface area contributed by atoms with Gasteiger partial charge in [-0.2, -0.15) is 0 Å². The number of aldehydes is 1. The molecule has 0 saturated carbocycles. The van der Waals surface area contributed by atoms with Gasteiger partial charge < -0.3 is 5.73 Å². The number of nitrogen functional groups attached to an aromatic ring is 1. The number of carbonyl (C=O) groups is 1. The van der Waals surface area contributed by atoms with Crippen LogP contribution in [0.5, 0.6) is 0 Å². The van der Waals surface area contributed by atoms with Crippen LogP contribution in [-0.2, 0) is 4.79 Å². The minimum Gasteiger partial charge on any atom is -0.399 e. The summed E-state index contributed by atoms with van der Waals surface area (Å²) in [6.07, 6.45) is 3.75. The molecular weight excluding hydrogens is 174 g/mol. The van der Waals surface area contributed by atoms with E-state index in [9.17, 15) is 4.79 Å². The summed E-state index contributed by atoms with van der Waals surface area (Å²) in [7, 11) is 0. The normalized spacial score (nSPS) is 10.4. The Morgan fingerprint density at radius 1 is 1.33 bits per heavy atom. The second-order valence-corrected chi connectivity index (χ2v) is 2.75. The molecule has 0 aliphatic carbocycles. The molecule has 0 bridgehead atoms. The summed E-state index contributed by atoms with van der Waals surface area (Å²) in [6, 6.07) is 5.13. The Labute approximate surface area is 75.6 Å². The van der Waals surface area contributed by atoms with Gasteiger partial charge >= 0.3 is 0 Å². The van der Waals surface area contributed by atoms with Gasteiger partial charge in [0.1, 0.15) is 6.29 Å². The largest absolute Gasteiger partial charge is 0.399 e. The summed E-state index contributed by atoms with van der Waals surface area (Å²) in [5.41, 5.74) is 6.94. The Morgan fingerprint density at radius 2 is 2.08 bits per heavy atom. The van der Waals surface area contributed by atoms with Crippen molar-refractivity contribution in [2.24, 2.45) is 0 Å². The average molecular weight is 182 g/mol. The highest BCUT2D eigenvalue weighted by Gasteiger charge is 1.92. The quantitative estimate of drug-likeness (QED) is 0.432. The lowest BCUT2D eigenvalue weighted by Gasteiger charge is -1.97. The SMILES string of the molecule is Nc1cc(Cl)cc(C=CC=O)c1. The molecule has 1 aromatic rings. The lowest BCUT2D eigenvalue weighted by Crippen LogP contribution is -1.84. The first-order valence-electron chi connectivity index (χ1n) is 3.40. The van der Waals surface area contributed by atoms with Crippen LogP contribution in [0.25, 0.3) is 6.08 Å². The predicted molar refractivity (Wildman–Crippen MR) is 51.0 cm³/mol. The summed E-state index contributed by atoms with van der Waals surface area (Å²) in [4.78, 5) is 10.00. The topological polar surface area (TPSA) is 43.1 Å². The van der Waals surface area contributed by atoms with Gasteiger partial charge in [0.05, 0.1) is 0 Å². The van der Waals surface area contributed by atoms with E-state index in [1.54, 1.807) is 24.3 Å². The van der Waals surface area contributed by atoms with Crippen LogP contribution in [0.4, 0.5) is 5.69 Å². The third-order valence-electron chi connectivity index (χ3n) is 1.31. The molecule has 0 aliphatic rings. The first kappa shape index (κ1) is 8.81. The molecule has 0 saturated heterocycles. The lowest BCUT2D eigenvalue weighted by molar-refractivity contribution is -0.104. The van der Waals surface area contributed by atoms with E-state index in [1.807, 2.05) is 0 Å². The number of carbonyl (C=O) groups excluding carboxylic acids is 1. The maximum atomic E-state index is 10.00. The van der Waals surface area contributed by atoms with E-state index >= 15 is 0 Å². The highest BCUT2D eigenvalue weighted by molar-refractivity contribution is 6.31. The number of allylic oxidation sites excluding steroid dienone is 1. The highest BCUT2D eigenvalue weighted by Crippen LogP contribution is 2.17. The van der Waals surface area contributed by atoms with Gasteiger partial charge in [0.15, 0.2) is 0 Å². The Balaban J connectivity index is 3.00. The molecule has 0 atom stereocenters. The van der Waals surface area contributed by atoms with E-state index < -0.39 is 0 Å². The molecule has 0 amide bonds. The molecule has 0 unspecified atom stereocenters. The zero-order chi connectivity index (χ0) is 8.97. The number of benzene rings is 1.